The van der Waals surface area contributed by atoms with E-state index in [0.717, 1.165) is 24.1 Å². The van der Waals surface area contributed by atoms with Gasteiger partial charge in [-0.1, -0.05) is 20.3 Å². The Balaban J connectivity index is 2.07. The lowest BCUT2D eigenvalue weighted by Gasteiger charge is -2.34. The normalized spacial score (nSPS) is 20.9. The van der Waals surface area contributed by atoms with Gasteiger partial charge >= 0.3 is 10.2 Å². The second-order valence-electron chi connectivity index (χ2n) is 5.71. The van der Waals surface area contributed by atoms with Crippen LogP contribution in [0.2, 0.25) is 0 Å². The Labute approximate surface area is 131 Å². The van der Waals surface area contributed by atoms with E-state index in [1.165, 1.54) is 11.3 Å². The summed E-state index contributed by atoms with van der Waals surface area (Å²) in [6.45, 7) is 7.31. The molecule has 8 heteroatoms. The standard InChI is InChI=1S/C13H24N4O2S2/c1-10(2)14-9-12-6-4-5-7-17(12)21(18,19)16-13-15-8-11(3)20-13/h8,10,12,14H,4-7,9H2,1-3H3,(H,15,16). The minimum atomic E-state index is -3.53. The Hall–Kier alpha value is -0.700. The van der Waals surface area contributed by atoms with Crippen LogP contribution in [0.15, 0.2) is 6.20 Å². The van der Waals surface area contributed by atoms with Crippen molar-refractivity contribution in [3.8, 4) is 0 Å². The molecule has 6 nitrogen and oxygen atoms in total. The summed E-state index contributed by atoms with van der Waals surface area (Å²) in [6.07, 6.45) is 4.57. The molecule has 0 amide bonds. The monoisotopic (exact) mass is 332 g/mol. The summed E-state index contributed by atoms with van der Waals surface area (Å²) in [6, 6.07) is 0.366. The molecule has 1 atom stereocenters. The lowest BCUT2D eigenvalue weighted by atomic mass is 10.0. The van der Waals surface area contributed by atoms with Crippen LogP contribution in [0.3, 0.4) is 0 Å². The number of aryl methyl sites for hydroxylation is 1. The van der Waals surface area contributed by atoms with Crippen LogP contribution >= 0.6 is 11.3 Å². The van der Waals surface area contributed by atoms with Gasteiger partial charge in [0.25, 0.3) is 0 Å². The summed E-state index contributed by atoms with van der Waals surface area (Å²) in [5, 5.41) is 3.78. The van der Waals surface area contributed by atoms with E-state index in [2.05, 4.69) is 28.9 Å². The molecule has 2 rings (SSSR count). The van der Waals surface area contributed by atoms with Crippen LogP contribution in [0.1, 0.15) is 38.0 Å². The molecule has 0 aliphatic carbocycles. The summed E-state index contributed by atoms with van der Waals surface area (Å²) < 4.78 is 29.3. The number of nitrogens with zero attached hydrogens (tertiary/aromatic N) is 2. The van der Waals surface area contributed by atoms with E-state index in [-0.39, 0.29) is 6.04 Å². The summed E-state index contributed by atoms with van der Waals surface area (Å²) in [5.41, 5.74) is 0. The zero-order valence-electron chi connectivity index (χ0n) is 12.8. The van der Waals surface area contributed by atoms with Crippen LogP contribution in [-0.4, -0.2) is 42.9 Å². The predicted molar refractivity (Wildman–Crippen MR) is 86.9 cm³/mol. The predicted octanol–water partition coefficient (Wildman–Crippen LogP) is 1.96. The van der Waals surface area contributed by atoms with Crippen molar-refractivity contribution in [1.29, 1.82) is 0 Å². The second-order valence-corrected chi connectivity index (χ2v) is 8.56. The Morgan fingerprint density at radius 3 is 2.86 bits per heavy atom. The number of piperidine rings is 1. The molecule has 21 heavy (non-hydrogen) atoms. The van der Waals surface area contributed by atoms with Gasteiger partial charge in [-0.25, -0.2) is 9.71 Å². The number of hydrogen-bond donors (Lipinski definition) is 2. The molecule has 0 saturated carbocycles. The van der Waals surface area contributed by atoms with Crippen LogP contribution in [0.4, 0.5) is 5.13 Å². The zero-order chi connectivity index (χ0) is 15.5. The Kier molecular flexibility index (Phi) is 5.59. The number of rotatable bonds is 6. The second kappa shape index (κ2) is 7.04. The molecule has 1 aliphatic heterocycles. The molecule has 1 aromatic heterocycles. The van der Waals surface area contributed by atoms with Gasteiger partial charge in [-0.2, -0.15) is 12.7 Å². The van der Waals surface area contributed by atoms with Crippen LogP contribution in [0.5, 0.6) is 0 Å². The molecule has 2 N–H and O–H groups in total. The first kappa shape index (κ1) is 16.7. The molecule has 1 aliphatic rings. The van der Waals surface area contributed by atoms with Crippen molar-refractivity contribution in [2.24, 2.45) is 0 Å². The Bertz CT molecular complexity index is 556. The lowest BCUT2D eigenvalue weighted by molar-refractivity contribution is 0.243. The van der Waals surface area contributed by atoms with E-state index in [1.54, 1.807) is 10.5 Å². The van der Waals surface area contributed by atoms with E-state index in [1.807, 2.05) is 6.92 Å². The summed E-state index contributed by atoms with van der Waals surface area (Å²) >= 11 is 1.35. The van der Waals surface area contributed by atoms with Crippen LogP contribution in [-0.2, 0) is 10.2 Å². The summed E-state index contributed by atoms with van der Waals surface area (Å²) in [7, 11) is -3.53. The van der Waals surface area contributed by atoms with Crippen molar-refractivity contribution in [2.75, 3.05) is 17.8 Å². The molecule has 1 aromatic rings. The van der Waals surface area contributed by atoms with E-state index in [9.17, 15) is 8.42 Å². The lowest BCUT2D eigenvalue weighted by Crippen LogP contribution is -2.51. The fourth-order valence-corrected chi connectivity index (χ4v) is 4.77. The number of nitrogens with one attached hydrogen (secondary N) is 2. The Morgan fingerprint density at radius 2 is 2.24 bits per heavy atom. The van der Waals surface area contributed by atoms with Gasteiger partial charge in [-0.05, 0) is 19.8 Å². The van der Waals surface area contributed by atoms with Crippen molar-refractivity contribution in [3.63, 3.8) is 0 Å². The van der Waals surface area contributed by atoms with E-state index < -0.39 is 10.2 Å². The maximum absolute atomic E-state index is 12.6. The van der Waals surface area contributed by atoms with Gasteiger partial charge in [-0.15, -0.1) is 11.3 Å². The summed E-state index contributed by atoms with van der Waals surface area (Å²) in [4.78, 5) is 5.07. The van der Waals surface area contributed by atoms with Crippen molar-refractivity contribution in [1.82, 2.24) is 14.6 Å². The number of hydrogen-bond acceptors (Lipinski definition) is 5. The molecule has 0 radical (unpaired) electrons. The van der Waals surface area contributed by atoms with Gasteiger partial charge in [0.15, 0.2) is 5.13 Å². The van der Waals surface area contributed by atoms with Crippen molar-refractivity contribution >= 4 is 26.7 Å². The van der Waals surface area contributed by atoms with Crippen molar-refractivity contribution in [3.05, 3.63) is 11.1 Å². The molecule has 2 heterocycles. The van der Waals surface area contributed by atoms with E-state index >= 15 is 0 Å². The maximum Gasteiger partial charge on any atom is 0.303 e. The first-order valence-corrected chi connectivity index (χ1v) is 9.59. The minimum Gasteiger partial charge on any atom is -0.313 e. The minimum absolute atomic E-state index is 0.0136. The molecule has 0 bridgehead atoms. The maximum atomic E-state index is 12.6. The fraction of sp³-hybridized carbons (Fsp3) is 0.769. The quantitative estimate of drug-likeness (QED) is 0.835. The highest BCUT2D eigenvalue weighted by molar-refractivity contribution is 7.90. The van der Waals surface area contributed by atoms with Gasteiger partial charge in [0.1, 0.15) is 0 Å². The first-order chi connectivity index (χ1) is 9.88. The molecule has 0 spiro atoms. The van der Waals surface area contributed by atoms with E-state index in [0.29, 0.717) is 24.3 Å². The molecule has 120 valence electrons. The number of anilines is 1. The van der Waals surface area contributed by atoms with Gasteiger partial charge in [0, 0.05) is 36.2 Å². The van der Waals surface area contributed by atoms with Crippen LogP contribution in [0, 0.1) is 6.92 Å². The van der Waals surface area contributed by atoms with Crippen molar-refractivity contribution < 1.29 is 8.42 Å². The number of aromatic nitrogens is 1. The molecule has 0 aromatic carbocycles. The van der Waals surface area contributed by atoms with Gasteiger partial charge in [0.2, 0.25) is 0 Å². The van der Waals surface area contributed by atoms with Gasteiger partial charge in [0.05, 0.1) is 0 Å². The molecule has 1 fully saturated rings. The molecular formula is C13H24N4O2S2. The van der Waals surface area contributed by atoms with Gasteiger partial charge < -0.3 is 5.32 Å². The number of thiazole rings is 1. The molecule has 1 saturated heterocycles. The van der Waals surface area contributed by atoms with Crippen LogP contribution < -0.4 is 10.0 Å². The fourth-order valence-electron chi connectivity index (χ4n) is 2.44. The molecular weight excluding hydrogens is 308 g/mol. The van der Waals surface area contributed by atoms with Crippen LogP contribution in [0.25, 0.3) is 0 Å². The van der Waals surface area contributed by atoms with Crippen molar-refractivity contribution in [2.45, 2.75) is 52.1 Å². The van der Waals surface area contributed by atoms with E-state index in [4.69, 9.17) is 0 Å². The third-order valence-electron chi connectivity index (χ3n) is 3.48. The summed E-state index contributed by atoms with van der Waals surface area (Å²) in [5.74, 6) is 0. The van der Waals surface area contributed by atoms with Gasteiger partial charge in [-0.3, -0.25) is 0 Å². The average Bonchev–Trinajstić information content (AvgIpc) is 2.81. The largest absolute Gasteiger partial charge is 0.313 e. The smallest absolute Gasteiger partial charge is 0.303 e. The highest BCUT2D eigenvalue weighted by Crippen LogP contribution is 2.24. The highest BCUT2D eigenvalue weighted by atomic mass is 32.2. The highest BCUT2D eigenvalue weighted by Gasteiger charge is 2.32. The zero-order valence-corrected chi connectivity index (χ0v) is 14.4. The third kappa shape index (κ3) is 4.64. The first-order valence-electron chi connectivity index (χ1n) is 7.34. The molecule has 1 unspecified atom stereocenters. The average molecular weight is 332 g/mol. The SMILES string of the molecule is Cc1cnc(NS(=O)(=O)N2CCCCC2CNC(C)C)s1. The topological polar surface area (TPSA) is 74.3 Å². The third-order valence-corrected chi connectivity index (χ3v) is 5.99. The Morgan fingerprint density at radius 1 is 1.48 bits per heavy atom.